The van der Waals surface area contributed by atoms with Crippen molar-refractivity contribution in [3.8, 4) is 0 Å². The molecule has 0 bridgehead atoms. The van der Waals surface area contributed by atoms with Gasteiger partial charge in [-0.15, -0.1) is 0 Å². The highest BCUT2D eigenvalue weighted by molar-refractivity contribution is 5.07. The number of hydrogen-bond donors (Lipinski definition) is 4. The Bertz CT molecular complexity index is 171. The maximum absolute atomic E-state index is 5.79. The molecular formula is C7H17N5. The Labute approximate surface area is 72.6 Å². The van der Waals surface area contributed by atoms with E-state index in [0.29, 0.717) is 5.70 Å². The second kappa shape index (κ2) is 3.40. The molecule has 7 N–H and O–H groups in total. The van der Waals surface area contributed by atoms with Crippen molar-refractivity contribution in [1.29, 1.82) is 0 Å². The molecule has 0 aromatic heterocycles. The van der Waals surface area contributed by atoms with E-state index in [2.05, 4.69) is 11.9 Å². The van der Waals surface area contributed by atoms with E-state index in [1.807, 2.05) is 4.90 Å². The molecule has 1 fully saturated rings. The molecule has 0 aromatic carbocycles. The van der Waals surface area contributed by atoms with E-state index in [-0.39, 0.29) is 0 Å². The summed E-state index contributed by atoms with van der Waals surface area (Å²) in [5, 5.41) is 3.20. The third kappa shape index (κ3) is 1.75. The Morgan fingerprint density at radius 2 is 1.83 bits per heavy atom. The van der Waals surface area contributed by atoms with Crippen molar-refractivity contribution in [1.82, 2.24) is 10.2 Å². The van der Waals surface area contributed by atoms with Gasteiger partial charge in [-0.2, -0.15) is 0 Å². The van der Waals surface area contributed by atoms with Crippen molar-refractivity contribution in [2.75, 3.05) is 26.2 Å². The largest absolute Gasteiger partial charge is 0.399 e. The van der Waals surface area contributed by atoms with E-state index >= 15 is 0 Å². The molecule has 5 nitrogen and oxygen atoms in total. The van der Waals surface area contributed by atoms with Crippen LogP contribution < -0.4 is 22.5 Å². The highest BCUT2D eigenvalue weighted by atomic mass is 15.4. The van der Waals surface area contributed by atoms with Gasteiger partial charge in [-0.25, -0.2) is 0 Å². The minimum atomic E-state index is -1.05. The number of rotatable bonds is 2. The van der Waals surface area contributed by atoms with E-state index in [0.717, 1.165) is 26.2 Å². The summed E-state index contributed by atoms with van der Waals surface area (Å²) in [7, 11) is 0. The van der Waals surface area contributed by atoms with Crippen LogP contribution in [-0.2, 0) is 0 Å². The minimum Gasteiger partial charge on any atom is -0.399 e. The summed E-state index contributed by atoms with van der Waals surface area (Å²) in [5.41, 5.74) is 17.4. The van der Waals surface area contributed by atoms with Crippen molar-refractivity contribution in [3.63, 3.8) is 0 Å². The maximum atomic E-state index is 5.79. The van der Waals surface area contributed by atoms with Crippen LogP contribution in [0.2, 0.25) is 0 Å². The van der Waals surface area contributed by atoms with Crippen molar-refractivity contribution in [3.05, 3.63) is 12.3 Å². The van der Waals surface area contributed by atoms with Crippen LogP contribution in [0.3, 0.4) is 0 Å². The van der Waals surface area contributed by atoms with Gasteiger partial charge in [0.2, 0.25) is 0 Å². The zero-order valence-electron chi connectivity index (χ0n) is 7.21. The van der Waals surface area contributed by atoms with Crippen LogP contribution in [-0.4, -0.2) is 36.9 Å². The predicted molar refractivity (Wildman–Crippen MR) is 48.9 cm³/mol. The number of nitrogens with zero attached hydrogens (tertiary/aromatic N) is 1. The van der Waals surface area contributed by atoms with E-state index in [4.69, 9.17) is 17.2 Å². The number of nitrogens with two attached hydrogens (primary N) is 3. The summed E-state index contributed by atoms with van der Waals surface area (Å²) < 4.78 is 0. The summed E-state index contributed by atoms with van der Waals surface area (Å²) in [4.78, 5) is 1.92. The first-order valence-electron chi connectivity index (χ1n) is 4.03. The lowest BCUT2D eigenvalue weighted by Gasteiger charge is -2.40. The number of piperazine rings is 1. The quantitative estimate of drug-likeness (QED) is 0.358. The molecule has 0 aliphatic carbocycles. The molecule has 0 saturated carbocycles. The first kappa shape index (κ1) is 9.47. The molecule has 0 radical (unpaired) electrons. The third-order valence-electron chi connectivity index (χ3n) is 2.15. The summed E-state index contributed by atoms with van der Waals surface area (Å²) in [5.74, 6) is -1.05. The van der Waals surface area contributed by atoms with Crippen LogP contribution in [0.5, 0.6) is 0 Å². The number of nitrogens with one attached hydrogen (secondary N) is 1. The standard InChI is InChI=1S/C7H17N5/c1-6(8)7(9,10)12-4-2-11-3-5-12/h11H,1-5,8-10H2. The maximum Gasteiger partial charge on any atom is 0.162 e. The average molecular weight is 171 g/mol. The Hall–Kier alpha value is -0.620. The minimum absolute atomic E-state index is 0.310. The molecule has 1 aliphatic rings. The van der Waals surface area contributed by atoms with Gasteiger partial charge in [-0.05, 0) is 0 Å². The topological polar surface area (TPSA) is 93.3 Å². The highest BCUT2D eigenvalue weighted by Crippen LogP contribution is 2.07. The Morgan fingerprint density at radius 1 is 1.33 bits per heavy atom. The predicted octanol–water partition coefficient (Wildman–Crippen LogP) is -2.06. The molecule has 0 unspecified atom stereocenters. The van der Waals surface area contributed by atoms with Crippen LogP contribution in [0.1, 0.15) is 0 Å². The SMILES string of the molecule is C=C(N)C(N)(N)N1CCNCC1. The second-order valence-corrected chi connectivity index (χ2v) is 3.09. The molecule has 0 atom stereocenters. The molecule has 1 aliphatic heterocycles. The Morgan fingerprint density at radius 3 is 2.25 bits per heavy atom. The van der Waals surface area contributed by atoms with Gasteiger partial charge in [0.1, 0.15) is 0 Å². The Kier molecular flexibility index (Phi) is 2.69. The molecule has 1 heterocycles. The van der Waals surface area contributed by atoms with Crippen LogP contribution in [0.4, 0.5) is 0 Å². The lowest BCUT2D eigenvalue weighted by atomic mass is 10.2. The van der Waals surface area contributed by atoms with Gasteiger partial charge in [0, 0.05) is 26.2 Å². The zero-order valence-corrected chi connectivity index (χ0v) is 7.21. The fourth-order valence-electron chi connectivity index (χ4n) is 1.24. The van der Waals surface area contributed by atoms with Crippen LogP contribution in [0.25, 0.3) is 0 Å². The summed E-state index contributed by atoms with van der Waals surface area (Å²) in [6, 6.07) is 0. The van der Waals surface area contributed by atoms with E-state index < -0.39 is 5.79 Å². The summed E-state index contributed by atoms with van der Waals surface area (Å²) in [6.07, 6.45) is 0. The molecule has 0 spiro atoms. The lowest BCUT2D eigenvalue weighted by molar-refractivity contribution is 0.112. The van der Waals surface area contributed by atoms with Crippen molar-refractivity contribution in [2.24, 2.45) is 17.2 Å². The van der Waals surface area contributed by atoms with Crippen LogP contribution >= 0.6 is 0 Å². The zero-order chi connectivity index (χ0) is 9.19. The molecule has 1 saturated heterocycles. The number of hydrogen-bond acceptors (Lipinski definition) is 5. The third-order valence-corrected chi connectivity index (χ3v) is 2.15. The molecular weight excluding hydrogens is 154 g/mol. The van der Waals surface area contributed by atoms with E-state index in [1.54, 1.807) is 0 Å². The normalized spacial score (nSPS) is 20.8. The molecule has 0 aromatic rings. The van der Waals surface area contributed by atoms with Crippen LogP contribution in [0, 0.1) is 0 Å². The Balaban J connectivity index is 2.59. The first-order chi connectivity index (χ1) is 5.55. The van der Waals surface area contributed by atoms with E-state index in [1.165, 1.54) is 0 Å². The lowest BCUT2D eigenvalue weighted by Crippen LogP contribution is -2.68. The van der Waals surface area contributed by atoms with Gasteiger partial charge in [0.25, 0.3) is 0 Å². The van der Waals surface area contributed by atoms with Gasteiger partial charge < -0.3 is 11.1 Å². The van der Waals surface area contributed by atoms with Gasteiger partial charge in [0.15, 0.2) is 5.79 Å². The van der Waals surface area contributed by atoms with Gasteiger partial charge in [0.05, 0.1) is 5.70 Å². The molecule has 70 valence electrons. The fourth-order valence-corrected chi connectivity index (χ4v) is 1.24. The van der Waals surface area contributed by atoms with Crippen LogP contribution in [0.15, 0.2) is 12.3 Å². The summed E-state index contributed by atoms with van der Waals surface area (Å²) >= 11 is 0. The van der Waals surface area contributed by atoms with Crippen molar-refractivity contribution >= 4 is 0 Å². The molecule has 0 amide bonds. The molecule has 5 heteroatoms. The smallest absolute Gasteiger partial charge is 0.162 e. The highest BCUT2D eigenvalue weighted by Gasteiger charge is 2.30. The molecule has 1 rings (SSSR count). The van der Waals surface area contributed by atoms with Gasteiger partial charge in [-0.3, -0.25) is 16.4 Å². The fraction of sp³-hybridized carbons (Fsp3) is 0.714. The molecule has 12 heavy (non-hydrogen) atoms. The van der Waals surface area contributed by atoms with Crippen molar-refractivity contribution < 1.29 is 0 Å². The first-order valence-corrected chi connectivity index (χ1v) is 4.03. The monoisotopic (exact) mass is 171 g/mol. The van der Waals surface area contributed by atoms with E-state index in [9.17, 15) is 0 Å². The second-order valence-electron chi connectivity index (χ2n) is 3.09. The average Bonchev–Trinajstić information content (AvgIpc) is 2.06. The summed E-state index contributed by atoms with van der Waals surface area (Å²) in [6.45, 7) is 6.97. The van der Waals surface area contributed by atoms with Crippen molar-refractivity contribution in [2.45, 2.75) is 5.79 Å². The van der Waals surface area contributed by atoms with Gasteiger partial charge in [-0.1, -0.05) is 6.58 Å². The van der Waals surface area contributed by atoms with Gasteiger partial charge >= 0.3 is 0 Å².